The van der Waals surface area contributed by atoms with Gasteiger partial charge in [0.25, 0.3) is 5.91 Å². The highest BCUT2D eigenvalue weighted by molar-refractivity contribution is 7.89. The fraction of sp³-hybridized carbons (Fsp3) is 0.250. The zero-order chi connectivity index (χ0) is 18.6. The largest absolute Gasteiger partial charge is 0.321 e. The molecule has 134 valence electrons. The Hall–Kier alpha value is -1.67. The monoisotopic (exact) mass is 401 g/mol. The third-order valence-electron chi connectivity index (χ3n) is 3.51. The number of pyridine rings is 1. The molecule has 9 heteroatoms. The van der Waals surface area contributed by atoms with Crippen LogP contribution in [0.3, 0.4) is 0 Å². The molecule has 25 heavy (non-hydrogen) atoms. The lowest BCUT2D eigenvalue weighted by Crippen LogP contribution is -2.30. The highest BCUT2D eigenvalue weighted by atomic mass is 35.5. The molecule has 1 heterocycles. The number of nitrogens with one attached hydrogen (secondary N) is 1. The van der Waals surface area contributed by atoms with E-state index in [-0.39, 0.29) is 15.5 Å². The summed E-state index contributed by atoms with van der Waals surface area (Å²) in [6.07, 6.45) is 1.39. The molecule has 0 aliphatic rings. The predicted octanol–water partition coefficient (Wildman–Crippen LogP) is 3.67. The number of halogens is 2. The first-order chi connectivity index (χ1) is 11.8. The number of anilines is 1. The summed E-state index contributed by atoms with van der Waals surface area (Å²) in [7, 11) is -3.69. The molecule has 6 nitrogen and oxygen atoms in total. The van der Waals surface area contributed by atoms with Gasteiger partial charge in [0.05, 0.1) is 27.4 Å². The van der Waals surface area contributed by atoms with Gasteiger partial charge in [-0.05, 0) is 30.3 Å². The zero-order valence-corrected chi connectivity index (χ0v) is 16.0. The number of sulfonamides is 1. The van der Waals surface area contributed by atoms with Crippen LogP contribution >= 0.6 is 23.2 Å². The van der Waals surface area contributed by atoms with Crippen LogP contribution in [0.25, 0.3) is 0 Å². The SMILES string of the molecule is CCN(CC)S(=O)(=O)c1ccc(Cl)c(C(=O)Nc2ccc(Cl)nc2)c1. The normalized spacial score (nSPS) is 11.6. The number of nitrogens with zero attached hydrogens (tertiary/aromatic N) is 2. The Morgan fingerprint density at radius 2 is 1.84 bits per heavy atom. The quantitative estimate of drug-likeness (QED) is 0.748. The molecule has 0 bridgehead atoms. The van der Waals surface area contributed by atoms with Crippen molar-refractivity contribution in [1.29, 1.82) is 0 Å². The van der Waals surface area contributed by atoms with Gasteiger partial charge in [-0.2, -0.15) is 4.31 Å². The summed E-state index contributed by atoms with van der Waals surface area (Å²) >= 11 is 11.8. The first kappa shape index (κ1) is 19.7. The summed E-state index contributed by atoms with van der Waals surface area (Å²) in [5.74, 6) is -0.536. The number of benzene rings is 1. The van der Waals surface area contributed by atoms with Crippen molar-refractivity contribution in [2.75, 3.05) is 18.4 Å². The molecule has 1 amide bonds. The maximum atomic E-state index is 12.6. The number of carbonyl (C=O) groups excluding carboxylic acids is 1. The van der Waals surface area contributed by atoms with Crippen molar-refractivity contribution < 1.29 is 13.2 Å². The summed E-state index contributed by atoms with van der Waals surface area (Å²) in [5.41, 5.74) is 0.479. The van der Waals surface area contributed by atoms with Gasteiger partial charge in [0.15, 0.2) is 0 Å². The van der Waals surface area contributed by atoms with Crippen molar-refractivity contribution in [1.82, 2.24) is 9.29 Å². The van der Waals surface area contributed by atoms with Gasteiger partial charge in [-0.3, -0.25) is 4.79 Å². The standard InChI is InChI=1S/C16H17Cl2N3O3S/c1-3-21(4-2)25(23,24)12-6-7-14(17)13(9-12)16(22)20-11-5-8-15(18)19-10-11/h5-10H,3-4H2,1-2H3,(H,20,22). The van der Waals surface area contributed by atoms with Gasteiger partial charge in [0.2, 0.25) is 10.0 Å². The number of rotatable bonds is 6. The van der Waals surface area contributed by atoms with Crippen molar-refractivity contribution in [2.24, 2.45) is 0 Å². The smallest absolute Gasteiger partial charge is 0.257 e. The van der Waals surface area contributed by atoms with E-state index in [4.69, 9.17) is 23.2 Å². The van der Waals surface area contributed by atoms with E-state index < -0.39 is 15.9 Å². The molecule has 0 saturated heterocycles. The highest BCUT2D eigenvalue weighted by Crippen LogP contribution is 2.24. The number of carbonyl (C=O) groups is 1. The minimum absolute atomic E-state index is 0.0139. The van der Waals surface area contributed by atoms with E-state index in [1.54, 1.807) is 19.9 Å². The van der Waals surface area contributed by atoms with Crippen LogP contribution in [0.4, 0.5) is 5.69 Å². The lowest BCUT2D eigenvalue weighted by atomic mass is 10.2. The summed E-state index contributed by atoms with van der Waals surface area (Å²) in [6.45, 7) is 4.16. The first-order valence-electron chi connectivity index (χ1n) is 7.52. The molecule has 2 rings (SSSR count). The fourth-order valence-corrected chi connectivity index (χ4v) is 4.00. The minimum Gasteiger partial charge on any atom is -0.321 e. The Labute approximate surface area is 156 Å². The number of amides is 1. The summed E-state index contributed by atoms with van der Waals surface area (Å²) in [5, 5.41) is 3.05. The van der Waals surface area contributed by atoms with Crippen LogP contribution in [-0.4, -0.2) is 36.7 Å². The maximum Gasteiger partial charge on any atom is 0.257 e. The maximum absolute atomic E-state index is 12.6. The van der Waals surface area contributed by atoms with Gasteiger partial charge in [-0.15, -0.1) is 0 Å². The van der Waals surface area contributed by atoms with Crippen LogP contribution in [0.15, 0.2) is 41.4 Å². The van der Waals surface area contributed by atoms with Gasteiger partial charge in [0.1, 0.15) is 5.15 Å². The molecular formula is C16H17Cl2N3O3S. The van der Waals surface area contributed by atoms with Crippen molar-refractivity contribution >= 4 is 44.8 Å². The Morgan fingerprint density at radius 1 is 1.16 bits per heavy atom. The molecule has 0 aliphatic heterocycles. The molecule has 0 fully saturated rings. The van der Waals surface area contributed by atoms with E-state index in [1.807, 2.05) is 0 Å². The van der Waals surface area contributed by atoms with Gasteiger partial charge in [-0.25, -0.2) is 13.4 Å². The first-order valence-corrected chi connectivity index (χ1v) is 9.71. The van der Waals surface area contributed by atoms with E-state index in [0.717, 1.165) is 0 Å². The van der Waals surface area contributed by atoms with Crippen LogP contribution < -0.4 is 5.32 Å². The minimum atomic E-state index is -3.69. The molecule has 1 aromatic carbocycles. The summed E-state index contributed by atoms with van der Waals surface area (Å²) in [4.78, 5) is 16.3. The van der Waals surface area contributed by atoms with Crippen LogP contribution in [0.2, 0.25) is 10.2 Å². The highest BCUT2D eigenvalue weighted by Gasteiger charge is 2.23. The molecule has 2 aromatic rings. The molecule has 1 N–H and O–H groups in total. The molecule has 1 aromatic heterocycles. The third kappa shape index (κ3) is 4.49. The predicted molar refractivity (Wildman–Crippen MR) is 98.8 cm³/mol. The zero-order valence-electron chi connectivity index (χ0n) is 13.7. The molecule has 0 unspecified atom stereocenters. The molecular weight excluding hydrogens is 385 g/mol. The van der Waals surface area contributed by atoms with Gasteiger partial charge in [-0.1, -0.05) is 37.0 Å². The molecule has 0 aliphatic carbocycles. The lowest BCUT2D eigenvalue weighted by Gasteiger charge is -2.19. The Kier molecular flexibility index (Phi) is 6.40. The van der Waals surface area contributed by atoms with Crippen LogP contribution in [0, 0.1) is 0 Å². The van der Waals surface area contributed by atoms with E-state index in [9.17, 15) is 13.2 Å². The second-order valence-electron chi connectivity index (χ2n) is 5.05. The topological polar surface area (TPSA) is 79.4 Å². The Morgan fingerprint density at radius 3 is 2.40 bits per heavy atom. The Balaban J connectivity index is 2.35. The van der Waals surface area contributed by atoms with Crippen molar-refractivity contribution in [3.8, 4) is 0 Å². The molecule has 0 spiro atoms. The third-order valence-corrected chi connectivity index (χ3v) is 6.11. The van der Waals surface area contributed by atoms with E-state index in [0.29, 0.717) is 23.9 Å². The van der Waals surface area contributed by atoms with Gasteiger partial charge >= 0.3 is 0 Å². The summed E-state index contributed by atoms with van der Waals surface area (Å²) < 4.78 is 26.5. The van der Waals surface area contributed by atoms with Crippen LogP contribution in [0.1, 0.15) is 24.2 Å². The lowest BCUT2D eigenvalue weighted by molar-refractivity contribution is 0.102. The van der Waals surface area contributed by atoms with Gasteiger partial charge in [0, 0.05) is 13.1 Å². The average molecular weight is 402 g/mol. The fourth-order valence-electron chi connectivity index (χ4n) is 2.20. The van der Waals surface area contributed by atoms with Crippen molar-refractivity contribution in [3.63, 3.8) is 0 Å². The molecule has 0 radical (unpaired) electrons. The van der Waals surface area contributed by atoms with E-state index >= 15 is 0 Å². The second-order valence-corrected chi connectivity index (χ2v) is 7.79. The van der Waals surface area contributed by atoms with Gasteiger partial charge < -0.3 is 5.32 Å². The number of aromatic nitrogens is 1. The molecule has 0 atom stereocenters. The van der Waals surface area contributed by atoms with Crippen LogP contribution in [0.5, 0.6) is 0 Å². The number of hydrogen-bond donors (Lipinski definition) is 1. The van der Waals surface area contributed by atoms with E-state index in [1.165, 1.54) is 34.8 Å². The average Bonchev–Trinajstić information content (AvgIpc) is 2.58. The second kappa shape index (κ2) is 8.14. The van der Waals surface area contributed by atoms with Crippen LogP contribution in [-0.2, 0) is 10.0 Å². The van der Waals surface area contributed by atoms with Crippen molar-refractivity contribution in [3.05, 3.63) is 52.3 Å². The van der Waals surface area contributed by atoms with E-state index in [2.05, 4.69) is 10.3 Å². The number of hydrogen-bond acceptors (Lipinski definition) is 4. The Bertz CT molecular complexity index is 867. The molecule has 0 saturated carbocycles. The van der Waals surface area contributed by atoms with Crippen molar-refractivity contribution in [2.45, 2.75) is 18.7 Å². The summed E-state index contributed by atoms with van der Waals surface area (Å²) in [6, 6.07) is 7.16.